The van der Waals surface area contributed by atoms with Crippen LogP contribution in [0.25, 0.3) is 11.0 Å². The molecule has 3 aromatic carbocycles. The van der Waals surface area contributed by atoms with Crippen LogP contribution in [0.5, 0.6) is 0 Å². The SMILES string of the molecule is Cc1ccc(NC(=O)Cn2c(Cc3ccccc3Cl)nc3ccccc32)cc1. The highest BCUT2D eigenvalue weighted by atomic mass is 35.5. The van der Waals surface area contributed by atoms with E-state index in [0.29, 0.717) is 11.4 Å². The molecule has 0 spiro atoms. The highest BCUT2D eigenvalue weighted by Gasteiger charge is 2.15. The Labute approximate surface area is 168 Å². The number of aromatic nitrogens is 2. The zero-order chi connectivity index (χ0) is 19.5. The van der Waals surface area contributed by atoms with Crippen LogP contribution in [0.2, 0.25) is 5.02 Å². The third-order valence-corrected chi connectivity index (χ3v) is 5.05. The van der Waals surface area contributed by atoms with Crippen molar-refractivity contribution in [2.45, 2.75) is 19.9 Å². The van der Waals surface area contributed by atoms with E-state index >= 15 is 0 Å². The van der Waals surface area contributed by atoms with E-state index in [0.717, 1.165) is 33.7 Å². The topological polar surface area (TPSA) is 46.9 Å². The number of anilines is 1. The molecule has 1 heterocycles. The van der Waals surface area contributed by atoms with E-state index in [1.54, 1.807) is 0 Å². The molecule has 0 aliphatic rings. The van der Waals surface area contributed by atoms with Gasteiger partial charge in [0.25, 0.3) is 0 Å². The highest BCUT2D eigenvalue weighted by Crippen LogP contribution is 2.22. The average Bonchev–Trinajstić information content (AvgIpc) is 3.03. The van der Waals surface area contributed by atoms with Crippen molar-refractivity contribution in [3.05, 3.63) is 94.8 Å². The lowest BCUT2D eigenvalue weighted by Gasteiger charge is -2.11. The van der Waals surface area contributed by atoms with Gasteiger partial charge in [0.05, 0.1) is 11.0 Å². The number of halogens is 1. The van der Waals surface area contributed by atoms with Crippen LogP contribution >= 0.6 is 11.6 Å². The van der Waals surface area contributed by atoms with Crippen molar-refractivity contribution in [2.75, 3.05) is 5.32 Å². The van der Waals surface area contributed by atoms with Crippen LogP contribution in [-0.4, -0.2) is 15.5 Å². The zero-order valence-corrected chi connectivity index (χ0v) is 16.3. The summed E-state index contributed by atoms with van der Waals surface area (Å²) in [6.07, 6.45) is 0.562. The second-order valence-electron chi connectivity index (χ2n) is 6.79. The van der Waals surface area contributed by atoms with E-state index in [9.17, 15) is 4.79 Å². The summed E-state index contributed by atoms with van der Waals surface area (Å²) in [5, 5.41) is 3.66. The van der Waals surface area contributed by atoms with Gasteiger partial charge in [-0.3, -0.25) is 4.79 Å². The van der Waals surface area contributed by atoms with Crippen LogP contribution < -0.4 is 5.32 Å². The fraction of sp³-hybridized carbons (Fsp3) is 0.130. The minimum atomic E-state index is -0.0904. The van der Waals surface area contributed by atoms with Crippen LogP contribution in [0.15, 0.2) is 72.8 Å². The lowest BCUT2D eigenvalue weighted by atomic mass is 10.1. The van der Waals surface area contributed by atoms with Crippen LogP contribution in [-0.2, 0) is 17.8 Å². The first-order valence-corrected chi connectivity index (χ1v) is 9.52. The Morgan fingerprint density at radius 3 is 2.50 bits per heavy atom. The summed E-state index contributed by atoms with van der Waals surface area (Å²) in [6, 6.07) is 23.3. The fourth-order valence-corrected chi connectivity index (χ4v) is 3.43. The molecule has 0 aliphatic heterocycles. The van der Waals surface area contributed by atoms with Crippen LogP contribution in [0.4, 0.5) is 5.69 Å². The summed E-state index contributed by atoms with van der Waals surface area (Å²) < 4.78 is 1.96. The average molecular weight is 390 g/mol. The second-order valence-corrected chi connectivity index (χ2v) is 7.19. The number of fused-ring (bicyclic) bond motifs is 1. The minimum absolute atomic E-state index is 0.0904. The Kier molecular flexibility index (Phi) is 5.13. The van der Waals surface area contributed by atoms with Crippen molar-refractivity contribution >= 4 is 34.2 Å². The van der Waals surface area contributed by atoms with Gasteiger partial charge in [0.15, 0.2) is 0 Å². The molecule has 0 aliphatic carbocycles. The predicted molar refractivity (Wildman–Crippen MR) is 114 cm³/mol. The van der Waals surface area contributed by atoms with Gasteiger partial charge in [-0.1, -0.05) is 59.6 Å². The standard InChI is InChI=1S/C23H20ClN3O/c1-16-10-12-18(13-11-16)25-23(28)15-27-21-9-5-4-8-20(21)26-22(27)14-17-6-2-3-7-19(17)24/h2-13H,14-15H2,1H3,(H,25,28). The number of para-hydroxylation sites is 2. The van der Waals surface area contributed by atoms with Crippen LogP contribution in [0.3, 0.4) is 0 Å². The van der Waals surface area contributed by atoms with Gasteiger partial charge in [-0.25, -0.2) is 4.98 Å². The molecule has 1 aromatic heterocycles. The first-order chi connectivity index (χ1) is 13.6. The van der Waals surface area contributed by atoms with Crippen LogP contribution in [0, 0.1) is 6.92 Å². The molecule has 4 aromatic rings. The molecule has 4 rings (SSSR count). The third kappa shape index (κ3) is 3.92. The van der Waals surface area contributed by atoms with Crippen LogP contribution in [0.1, 0.15) is 17.0 Å². The molecule has 0 atom stereocenters. The van der Waals surface area contributed by atoms with E-state index in [-0.39, 0.29) is 12.5 Å². The number of imidazole rings is 1. The summed E-state index contributed by atoms with van der Waals surface area (Å²) in [4.78, 5) is 17.4. The first-order valence-electron chi connectivity index (χ1n) is 9.14. The number of nitrogens with one attached hydrogen (secondary N) is 1. The van der Waals surface area contributed by atoms with Gasteiger partial charge in [0, 0.05) is 17.1 Å². The largest absolute Gasteiger partial charge is 0.325 e. The maximum atomic E-state index is 12.7. The molecule has 0 fully saturated rings. The molecule has 0 saturated heterocycles. The van der Waals surface area contributed by atoms with Gasteiger partial charge in [-0.15, -0.1) is 0 Å². The third-order valence-electron chi connectivity index (χ3n) is 4.68. The normalized spacial score (nSPS) is 10.9. The Bertz CT molecular complexity index is 1130. The number of rotatable bonds is 5. The predicted octanol–water partition coefficient (Wildman–Crippen LogP) is 5.23. The highest BCUT2D eigenvalue weighted by molar-refractivity contribution is 6.31. The quantitative estimate of drug-likeness (QED) is 0.508. The molecule has 0 bridgehead atoms. The molecule has 5 heteroatoms. The zero-order valence-electron chi connectivity index (χ0n) is 15.5. The summed E-state index contributed by atoms with van der Waals surface area (Å²) in [7, 11) is 0. The lowest BCUT2D eigenvalue weighted by Crippen LogP contribution is -2.20. The second kappa shape index (κ2) is 7.87. The molecular weight excluding hydrogens is 370 g/mol. The van der Waals surface area contributed by atoms with Crippen molar-refractivity contribution in [2.24, 2.45) is 0 Å². The smallest absolute Gasteiger partial charge is 0.244 e. The van der Waals surface area contributed by atoms with E-state index in [4.69, 9.17) is 16.6 Å². The van der Waals surface area contributed by atoms with Crippen molar-refractivity contribution in [3.8, 4) is 0 Å². The van der Waals surface area contributed by atoms with E-state index < -0.39 is 0 Å². The van der Waals surface area contributed by atoms with Gasteiger partial charge in [-0.2, -0.15) is 0 Å². The van der Waals surface area contributed by atoms with Crippen molar-refractivity contribution in [1.29, 1.82) is 0 Å². The first kappa shape index (κ1) is 18.3. The van der Waals surface area contributed by atoms with Gasteiger partial charge in [0.2, 0.25) is 5.91 Å². The maximum absolute atomic E-state index is 12.7. The summed E-state index contributed by atoms with van der Waals surface area (Å²) in [5.41, 5.74) is 4.73. The van der Waals surface area contributed by atoms with Crippen molar-refractivity contribution in [3.63, 3.8) is 0 Å². The summed E-state index contributed by atoms with van der Waals surface area (Å²) >= 11 is 6.33. The van der Waals surface area contributed by atoms with Gasteiger partial charge in [-0.05, 0) is 42.8 Å². The molecule has 0 unspecified atom stereocenters. The Morgan fingerprint density at radius 2 is 1.71 bits per heavy atom. The minimum Gasteiger partial charge on any atom is -0.325 e. The Hall–Kier alpha value is -3.11. The molecule has 28 heavy (non-hydrogen) atoms. The lowest BCUT2D eigenvalue weighted by molar-refractivity contribution is -0.116. The monoisotopic (exact) mass is 389 g/mol. The summed E-state index contributed by atoms with van der Waals surface area (Å²) in [5.74, 6) is 0.723. The molecule has 0 radical (unpaired) electrons. The van der Waals surface area contributed by atoms with E-state index in [1.807, 2.05) is 84.3 Å². The number of carbonyl (C=O) groups is 1. The summed E-state index contributed by atoms with van der Waals surface area (Å²) in [6.45, 7) is 2.21. The number of benzene rings is 3. The fourth-order valence-electron chi connectivity index (χ4n) is 3.23. The van der Waals surface area contributed by atoms with E-state index in [1.165, 1.54) is 0 Å². The molecule has 0 saturated carbocycles. The van der Waals surface area contributed by atoms with E-state index in [2.05, 4.69) is 5.32 Å². The molecule has 1 N–H and O–H groups in total. The number of amides is 1. The number of carbonyl (C=O) groups excluding carboxylic acids is 1. The number of hydrogen-bond acceptors (Lipinski definition) is 2. The number of nitrogens with zero attached hydrogens (tertiary/aromatic N) is 2. The molecule has 4 nitrogen and oxygen atoms in total. The number of aryl methyl sites for hydroxylation is 1. The van der Waals surface area contributed by atoms with Crippen molar-refractivity contribution < 1.29 is 4.79 Å². The van der Waals surface area contributed by atoms with Gasteiger partial charge < -0.3 is 9.88 Å². The number of hydrogen-bond donors (Lipinski definition) is 1. The molecular formula is C23H20ClN3O. The molecule has 1 amide bonds. The maximum Gasteiger partial charge on any atom is 0.244 e. The van der Waals surface area contributed by atoms with Gasteiger partial charge >= 0.3 is 0 Å². The van der Waals surface area contributed by atoms with Crippen molar-refractivity contribution in [1.82, 2.24) is 9.55 Å². The molecule has 140 valence electrons. The Balaban J connectivity index is 1.64. The Morgan fingerprint density at radius 1 is 1.00 bits per heavy atom. The van der Waals surface area contributed by atoms with Gasteiger partial charge in [0.1, 0.15) is 12.4 Å².